The molecule has 0 spiro atoms. The Morgan fingerprint density at radius 2 is 1.76 bits per heavy atom. The number of carbonyl (C=O) groups excluding carboxylic acids is 2. The van der Waals surface area contributed by atoms with Crippen molar-refractivity contribution in [3.8, 4) is 0 Å². The van der Waals surface area contributed by atoms with Crippen LogP contribution in [-0.2, 0) is 9.59 Å². The average molecular weight is 301 g/mol. The first-order valence-electron chi connectivity index (χ1n) is 7.22. The van der Waals surface area contributed by atoms with Crippen molar-refractivity contribution in [3.63, 3.8) is 0 Å². The third-order valence-corrected chi connectivity index (χ3v) is 3.16. The molecular weight excluding hydrogens is 274 g/mol. The Balaban J connectivity index is 3.79. The lowest BCUT2D eigenvalue weighted by Crippen LogP contribution is -2.41. The number of carboxylic acids is 1. The van der Waals surface area contributed by atoms with E-state index >= 15 is 0 Å². The smallest absolute Gasteiger partial charge is 0.321 e. The average Bonchev–Trinajstić information content (AvgIpc) is 2.32. The van der Waals surface area contributed by atoms with Gasteiger partial charge in [0, 0.05) is 25.4 Å². The van der Waals surface area contributed by atoms with E-state index < -0.39 is 17.9 Å². The molecule has 0 aromatic heterocycles. The number of rotatable bonds is 9. The van der Waals surface area contributed by atoms with Gasteiger partial charge in [0.1, 0.15) is 0 Å². The predicted octanol–water partition coefficient (Wildman–Crippen LogP) is 1.04. The maximum atomic E-state index is 11.5. The van der Waals surface area contributed by atoms with Crippen molar-refractivity contribution in [2.24, 2.45) is 5.92 Å². The minimum Gasteiger partial charge on any atom is -0.481 e. The van der Waals surface area contributed by atoms with Gasteiger partial charge in [-0.15, -0.1) is 0 Å². The van der Waals surface area contributed by atoms with Crippen LogP contribution < -0.4 is 10.6 Å². The van der Waals surface area contributed by atoms with E-state index in [1.807, 2.05) is 7.05 Å². The number of nitrogens with zero attached hydrogens (tertiary/aromatic N) is 1. The van der Waals surface area contributed by atoms with Gasteiger partial charge in [-0.2, -0.15) is 0 Å². The molecule has 122 valence electrons. The van der Waals surface area contributed by atoms with Crippen molar-refractivity contribution in [3.05, 3.63) is 0 Å². The zero-order valence-electron chi connectivity index (χ0n) is 13.3. The molecule has 0 radical (unpaired) electrons. The molecule has 7 nitrogen and oxygen atoms in total. The fourth-order valence-corrected chi connectivity index (χ4v) is 1.70. The highest BCUT2D eigenvalue weighted by Gasteiger charge is 2.14. The van der Waals surface area contributed by atoms with Crippen molar-refractivity contribution >= 4 is 17.9 Å². The van der Waals surface area contributed by atoms with Crippen molar-refractivity contribution in [1.29, 1.82) is 0 Å². The topological polar surface area (TPSA) is 98.7 Å². The van der Waals surface area contributed by atoms with Gasteiger partial charge in [-0.25, -0.2) is 4.79 Å². The fraction of sp³-hybridized carbons (Fsp3) is 0.786. The molecular formula is C14H27N3O4. The van der Waals surface area contributed by atoms with Crippen LogP contribution in [0, 0.1) is 5.92 Å². The standard InChI is InChI=1S/C14H27N3O4/c1-10(2)17(4)7-5-6-15-14(21)16-12(18)8-11(3)9-13(19)20/h10-11H,5-9H2,1-4H3,(H,19,20)(H2,15,16,18,21). The van der Waals surface area contributed by atoms with Gasteiger partial charge in [-0.1, -0.05) is 6.92 Å². The maximum Gasteiger partial charge on any atom is 0.321 e. The number of nitrogens with one attached hydrogen (secondary N) is 2. The molecule has 0 aliphatic rings. The zero-order chi connectivity index (χ0) is 16.4. The van der Waals surface area contributed by atoms with Crippen LogP contribution in [0.2, 0.25) is 0 Å². The summed E-state index contributed by atoms with van der Waals surface area (Å²) in [6, 6.07) is -0.0779. The van der Waals surface area contributed by atoms with E-state index in [9.17, 15) is 14.4 Å². The Morgan fingerprint density at radius 1 is 1.14 bits per heavy atom. The first kappa shape index (κ1) is 19.4. The molecule has 7 heteroatoms. The monoisotopic (exact) mass is 301 g/mol. The van der Waals surface area contributed by atoms with Crippen LogP contribution in [0.15, 0.2) is 0 Å². The Bertz CT molecular complexity index is 358. The summed E-state index contributed by atoms with van der Waals surface area (Å²) in [5.74, 6) is -1.70. The summed E-state index contributed by atoms with van der Waals surface area (Å²) in [7, 11) is 2.01. The molecule has 3 N–H and O–H groups in total. The van der Waals surface area contributed by atoms with E-state index in [2.05, 4.69) is 29.4 Å². The van der Waals surface area contributed by atoms with Crippen LogP contribution in [0.25, 0.3) is 0 Å². The van der Waals surface area contributed by atoms with Gasteiger partial charge in [0.15, 0.2) is 0 Å². The van der Waals surface area contributed by atoms with Gasteiger partial charge in [-0.05, 0) is 39.8 Å². The molecule has 0 saturated heterocycles. The van der Waals surface area contributed by atoms with Gasteiger partial charge in [-0.3, -0.25) is 14.9 Å². The normalized spacial score (nSPS) is 12.3. The van der Waals surface area contributed by atoms with Gasteiger partial charge < -0.3 is 15.3 Å². The Labute approximate surface area is 126 Å². The van der Waals surface area contributed by atoms with E-state index in [0.717, 1.165) is 13.0 Å². The second-order valence-corrected chi connectivity index (χ2v) is 5.64. The van der Waals surface area contributed by atoms with E-state index in [4.69, 9.17) is 5.11 Å². The highest BCUT2D eigenvalue weighted by Crippen LogP contribution is 2.06. The van der Waals surface area contributed by atoms with Crippen molar-refractivity contribution in [2.75, 3.05) is 20.1 Å². The van der Waals surface area contributed by atoms with E-state index in [-0.39, 0.29) is 18.8 Å². The first-order valence-corrected chi connectivity index (χ1v) is 7.22. The first-order chi connectivity index (χ1) is 9.72. The highest BCUT2D eigenvalue weighted by molar-refractivity contribution is 5.94. The summed E-state index contributed by atoms with van der Waals surface area (Å²) in [5.41, 5.74) is 0. The summed E-state index contributed by atoms with van der Waals surface area (Å²) in [5, 5.41) is 13.4. The molecule has 1 unspecified atom stereocenters. The number of urea groups is 1. The molecule has 1 atom stereocenters. The molecule has 0 aliphatic heterocycles. The lowest BCUT2D eigenvalue weighted by Gasteiger charge is -2.20. The molecule has 0 fully saturated rings. The van der Waals surface area contributed by atoms with Gasteiger partial charge in [0.2, 0.25) is 5.91 Å². The van der Waals surface area contributed by atoms with E-state index in [1.54, 1.807) is 6.92 Å². The van der Waals surface area contributed by atoms with Gasteiger partial charge in [0.25, 0.3) is 0 Å². The van der Waals surface area contributed by atoms with Crippen molar-refractivity contribution in [2.45, 2.75) is 46.1 Å². The zero-order valence-corrected chi connectivity index (χ0v) is 13.3. The van der Waals surface area contributed by atoms with Crippen LogP contribution >= 0.6 is 0 Å². The molecule has 21 heavy (non-hydrogen) atoms. The molecule has 0 saturated carbocycles. The van der Waals surface area contributed by atoms with Crippen LogP contribution in [0.4, 0.5) is 4.79 Å². The largest absolute Gasteiger partial charge is 0.481 e. The number of hydrogen-bond donors (Lipinski definition) is 3. The molecule has 0 aromatic carbocycles. The van der Waals surface area contributed by atoms with Gasteiger partial charge in [0.05, 0.1) is 0 Å². The van der Waals surface area contributed by atoms with Crippen LogP contribution in [0.5, 0.6) is 0 Å². The number of amides is 3. The van der Waals surface area contributed by atoms with Gasteiger partial charge >= 0.3 is 12.0 Å². The Morgan fingerprint density at radius 3 is 2.29 bits per heavy atom. The number of carboxylic acid groups (broad SMARTS) is 1. The minimum atomic E-state index is -0.950. The van der Waals surface area contributed by atoms with Crippen LogP contribution in [0.3, 0.4) is 0 Å². The predicted molar refractivity (Wildman–Crippen MR) is 80.0 cm³/mol. The highest BCUT2D eigenvalue weighted by atomic mass is 16.4. The number of hydrogen-bond acceptors (Lipinski definition) is 4. The summed E-state index contributed by atoms with van der Waals surface area (Å²) in [4.78, 5) is 35.6. The second kappa shape index (κ2) is 10.1. The molecule has 3 amide bonds. The molecule has 0 aromatic rings. The van der Waals surface area contributed by atoms with Crippen molar-refractivity contribution in [1.82, 2.24) is 15.5 Å². The van der Waals surface area contributed by atoms with E-state index in [0.29, 0.717) is 12.6 Å². The Kier molecular flexibility index (Phi) is 9.36. The molecule has 0 rings (SSSR count). The van der Waals surface area contributed by atoms with Crippen LogP contribution in [-0.4, -0.2) is 54.1 Å². The number of imide groups is 1. The molecule has 0 bridgehead atoms. The van der Waals surface area contributed by atoms with Crippen molar-refractivity contribution < 1.29 is 19.5 Å². The molecule has 0 aliphatic carbocycles. The second-order valence-electron chi connectivity index (χ2n) is 5.64. The van der Waals surface area contributed by atoms with E-state index in [1.165, 1.54) is 0 Å². The summed E-state index contributed by atoms with van der Waals surface area (Å²) >= 11 is 0. The fourth-order valence-electron chi connectivity index (χ4n) is 1.70. The van der Waals surface area contributed by atoms with Crippen LogP contribution in [0.1, 0.15) is 40.0 Å². The third-order valence-electron chi connectivity index (χ3n) is 3.16. The molecule has 0 heterocycles. The number of carbonyl (C=O) groups is 3. The third kappa shape index (κ3) is 10.8. The summed E-state index contributed by atoms with van der Waals surface area (Å²) in [6.45, 7) is 7.20. The Hall–Kier alpha value is -1.63. The maximum absolute atomic E-state index is 11.5. The lowest BCUT2D eigenvalue weighted by atomic mass is 10.0. The SMILES string of the molecule is CC(CC(=O)O)CC(=O)NC(=O)NCCCN(C)C(C)C. The number of aliphatic carboxylic acids is 1. The summed E-state index contributed by atoms with van der Waals surface area (Å²) < 4.78 is 0. The lowest BCUT2D eigenvalue weighted by molar-refractivity contribution is -0.138. The summed E-state index contributed by atoms with van der Waals surface area (Å²) in [6.07, 6.45) is 0.734. The quantitative estimate of drug-likeness (QED) is 0.553. The minimum absolute atomic E-state index is 0.0236.